The lowest BCUT2D eigenvalue weighted by Crippen LogP contribution is -1.83. The van der Waals surface area contributed by atoms with Gasteiger partial charge in [0, 0.05) is 15.8 Å². The highest BCUT2D eigenvalue weighted by Crippen LogP contribution is 2.30. The molecule has 0 aliphatic heterocycles. The molecular formula is C19H14BrN3O2S. The fourth-order valence-electron chi connectivity index (χ4n) is 2.35. The van der Waals surface area contributed by atoms with Gasteiger partial charge < -0.3 is 8.83 Å². The van der Waals surface area contributed by atoms with Crippen LogP contribution in [0.15, 0.2) is 73.3 Å². The van der Waals surface area contributed by atoms with Gasteiger partial charge in [0.05, 0.1) is 11.3 Å². The van der Waals surface area contributed by atoms with E-state index >= 15 is 0 Å². The molecule has 0 amide bonds. The topological polar surface area (TPSA) is 65.0 Å². The van der Waals surface area contributed by atoms with Crippen molar-refractivity contribution in [3.8, 4) is 22.9 Å². The molecule has 130 valence electrons. The predicted molar refractivity (Wildman–Crippen MR) is 104 cm³/mol. The summed E-state index contributed by atoms with van der Waals surface area (Å²) in [6, 6.07) is 15.8. The van der Waals surface area contributed by atoms with Crippen LogP contribution in [0.4, 0.5) is 0 Å². The van der Waals surface area contributed by atoms with Crippen molar-refractivity contribution in [2.45, 2.75) is 17.9 Å². The Kier molecular flexibility index (Phi) is 4.90. The summed E-state index contributed by atoms with van der Waals surface area (Å²) in [4.78, 5) is 4.52. The Morgan fingerprint density at radius 1 is 1.00 bits per heavy atom. The van der Waals surface area contributed by atoms with Crippen LogP contribution in [0.5, 0.6) is 0 Å². The molecule has 2 heterocycles. The van der Waals surface area contributed by atoms with Crippen LogP contribution in [0.3, 0.4) is 0 Å². The Bertz CT molecular complexity index is 1030. The van der Waals surface area contributed by atoms with E-state index in [1.165, 1.54) is 17.3 Å². The number of hydrogen-bond donors (Lipinski definition) is 0. The molecule has 0 N–H and O–H groups in total. The molecule has 0 radical (unpaired) electrons. The van der Waals surface area contributed by atoms with Crippen molar-refractivity contribution in [3.63, 3.8) is 0 Å². The number of thioether (sulfide) groups is 1. The van der Waals surface area contributed by atoms with Gasteiger partial charge in [0.15, 0.2) is 0 Å². The van der Waals surface area contributed by atoms with Gasteiger partial charge in [-0.1, -0.05) is 41.6 Å². The molecule has 0 unspecified atom stereocenters. The van der Waals surface area contributed by atoms with Crippen LogP contribution < -0.4 is 0 Å². The van der Waals surface area contributed by atoms with Crippen molar-refractivity contribution in [3.05, 3.63) is 70.5 Å². The van der Waals surface area contributed by atoms with Crippen LogP contribution in [0.1, 0.15) is 11.3 Å². The lowest BCUT2D eigenvalue weighted by Gasteiger charge is -1.97. The third-order valence-electron chi connectivity index (χ3n) is 3.70. The summed E-state index contributed by atoms with van der Waals surface area (Å²) in [6.07, 6.45) is 1.66. The molecule has 0 spiro atoms. The quantitative estimate of drug-likeness (QED) is 0.377. The second kappa shape index (κ2) is 7.47. The Balaban J connectivity index is 1.44. The fraction of sp³-hybridized carbons (Fsp3) is 0.105. The minimum atomic E-state index is 0.487. The van der Waals surface area contributed by atoms with Gasteiger partial charge in [-0.25, -0.2) is 4.98 Å². The lowest BCUT2D eigenvalue weighted by molar-refractivity contribution is 0.465. The molecule has 2 aromatic carbocycles. The van der Waals surface area contributed by atoms with E-state index in [2.05, 4.69) is 31.1 Å². The maximum Gasteiger partial charge on any atom is 0.277 e. The largest absolute Gasteiger partial charge is 0.444 e. The summed E-state index contributed by atoms with van der Waals surface area (Å²) in [7, 11) is 0. The first-order valence-corrected chi connectivity index (χ1v) is 9.69. The molecular weight excluding hydrogens is 414 g/mol. The van der Waals surface area contributed by atoms with E-state index in [0.29, 0.717) is 22.8 Å². The monoisotopic (exact) mass is 427 g/mol. The average molecular weight is 428 g/mol. The molecule has 0 saturated heterocycles. The van der Waals surface area contributed by atoms with Gasteiger partial charge >= 0.3 is 0 Å². The van der Waals surface area contributed by atoms with Gasteiger partial charge in [-0.2, -0.15) is 0 Å². The number of aromatic nitrogens is 3. The molecule has 0 aliphatic rings. The Morgan fingerprint density at radius 2 is 1.81 bits per heavy atom. The lowest BCUT2D eigenvalue weighted by atomic mass is 10.1. The molecule has 2 aromatic heterocycles. The highest BCUT2D eigenvalue weighted by atomic mass is 79.9. The van der Waals surface area contributed by atoms with Crippen LogP contribution in [0.2, 0.25) is 0 Å². The zero-order chi connectivity index (χ0) is 17.9. The van der Waals surface area contributed by atoms with Gasteiger partial charge in [0.25, 0.3) is 5.22 Å². The first kappa shape index (κ1) is 17.1. The van der Waals surface area contributed by atoms with E-state index in [0.717, 1.165) is 21.3 Å². The van der Waals surface area contributed by atoms with E-state index in [1.54, 1.807) is 6.26 Å². The third-order valence-corrected chi connectivity index (χ3v) is 5.25. The highest BCUT2D eigenvalue weighted by Gasteiger charge is 2.13. The Hall–Kier alpha value is -2.38. The Labute approximate surface area is 163 Å². The molecule has 0 saturated carbocycles. The molecule has 0 atom stereocenters. The molecule has 26 heavy (non-hydrogen) atoms. The van der Waals surface area contributed by atoms with Crippen LogP contribution in [0, 0.1) is 6.92 Å². The van der Waals surface area contributed by atoms with E-state index < -0.39 is 0 Å². The molecule has 0 fully saturated rings. The minimum Gasteiger partial charge on any atom is -0.444 e. The SMILES string of the molecule is Cc1ccc(-c2nc(CSc3nnc(-c4ccccc4Br)o3)co2)cc1. The summed E-state index contributed by atoms with van der Waals surface area (Å²) in [6.45, 7) is 2.05. The number of aryl methyl sites for hydroxylation is 1. The first-order valence-electron chi connectivity index (χ1n) is 7.92. The van der Waals surface area contributed by atoms with E-state index in [9.17, 15) is 0 Å². The van der Waals surface area contributed by atoms with Crippen LogP contribution in [0.25, 0.3) is 22.9 Å². The normalized spacial score (nSPS) is 11.0. The van der Waals surface area contributed by atoms with Crippen LogP contribution in [-0.4, -0.2) is 15.2 Å². The molecule has 4 aromatic rings. The number of oxazole rings is 1. The van der Waals surface area contributed by atoms with Crippen molar-refractivity contribution in [2.75, 3.05) is 0 Å². The summed E-state index contributed by atoms with van der Waals surface area (Å²) >= 11 is 4.92. The maximum absolute atomic E-state index is 5.73. The number of rotatable bonds is 5. The summed E-state index contributed by atoms with van der Waals surface area (Å²) in [5, 5.41) is 8.70. The van der Waals surface area contributed by atoms with Crippen molar-refractivity contribution in [1.82, 2.24) is 15.2 Å². The summed E-state index contributed by atoms with van der Waals surface area (Å²) in [5.74, 6) is 1.69. The van der Waals surface area contributed by atoms with E-state index in [1.807, 2.05) is 55.5 Å². The zero-order valence-electron chi connectivity index (χ0n) is 13.8. The van der Waals surface area contributed by atoms with Crippen molar-refractivity contribution < 1.29 is 8.83 Å². The zero-order valence-corrected chi connectivity index (χ0v) is 16.3. The number of nitrogens with zero attached hydrogens (tertiary/aromatic N) is 3. The summed E-state index contributed by atoms with van der Waals surface area (Å²) < 4.78 is 12.2. The average Bonchev–Trinajstić information content (AvgIpc) is 3.30. The standard InChI is InChI=1S/C19H14BrN3O2S/c1-12-6-8-13(9-7-12)17-21-14(10-24-17)11-26-19-23-22-18(25-19)15-4-2-3-5-16(15)20/h2-10H,11H2,1H3. The fourth-order valence-corrected chi connectivity index (χ4v) is 3.44. The highest BCUT2D eigenvalue weighted by molar-refractivity contribution is 9.10. The third kappa shape index (κ3) is 3.73. The second-order valence-corrected chi connectivity index (χ2v) is 7.43. The molecule has 5 nitrogen and oxygen atoms in total. The smallest absolute Gasteiger partial charge is 0.277 e. The second-order valence-electron chi connectivity index (χ2n) is 5.65. The molecule has 4 rings (SSSR count). The van der Waals surface area contributed by atoms with Crippen LogP contribution >= 0.6 is 27.7 Å². The maximum atomic E-state index is 5.73. The molecule has 0 bridgehead atoms. The van der Waals surface area contributed by atoms with Gasteiger partial charge in [-0.3, -0.25) is 0 Å². The van der Waals surface area contributed by atoms with Crippen molar-refractivity contribution in [2.24, 2.45) is 0 Å². The minimum absolute atomic E-state index is 0.487. The van der Waals surface area contributed by atoms with Gasteiger partial charge in [0.2, 0.25) is 11.8 Å². The first-order chi connectivity index (χ1) is 12.7. The van der Waals surface area contributed by atoms with E-state index in [-0.39, 0.29) is 0 Å². The van der Waals surface area contributed by atoms with E-state index in [4.69, 9.17) is 8.83 Å². The number of halogens is 1. The molecule has 0 aliphatic carbocycles. The van der Waals surface area contributed by atoms with Crippen molar-refractivity contribution >= 4 is 27.7 Å². The van der Waals surface area contributed by atoms with Gasteiger partial charge in [-0.15, -0.1) is 10.2 Å². The predicted octanol–water partition coefficient (Wildman–Crippen LogP) is 5.75. The van der Waals surface area contributed by atoms with Gasteiger partial charge in [-0.05, 0) is 47.1 Å². The van der Waals surface area contributed by atoms with Gasteiger partial charge in [0.1, 0.15) is 6.26 Å². The van der Waals surface area contributed by atoms with Crippen LogP contribution in [-0.2, 0) is 5.75 Å². The number of benzene rings is 2. The summed E-state index contributed by atoms with van der Waals surface area (Å²) in [5.41, 5.74) is 3.86. The number of hydrogen-bond acceptors (Lipinski definition) is 6. The Morgan fingerprint density at radius 3 is 2.62 bits per heavy atom. The molecule has 7 heteroatoms. The van der Waals surface area contributed by atoms with Crippen molar-refractivity contribution in [1.29, 1.82) is 0 Å².